The van der Waals surface area contributed by atoms with Crippen molar-refractivity contribution < 1.29 is 9.32 Å². The average Bonchev–Trinajstić information content (AvgIpc) is 3.30. The van der Waals surface area contributed by atoms with Gasteiger partial charge in [0.1, 0.15) is 5.69 Å². The molecular formula is C23H32N4O2. The van der Waals surface area contributed by atoms with Gasteiger partial charge >= 0.3 is 0 Å². The minimum absolute atomic E-state index is 0.266. The summed E-state index contributed by atoms with van der Waals surface area (Å²) < 4.78 is 5.44. The molecule has 29 heavy (non-hydrogen) atoms. The molecule has 5 rings (SSSR count). The number of piperazine rings is 1. The van der Waals surface area contributed by atoms with Crippen molar-refractivity contribution in [3.63, 3.8) is 0 Å². The number of aromatic nitrogens is 1. The highest BCUT2D eigenvalue weighted by molar-refractivity contribution is 5.82. The van der Waals surface area contributed by atoms with Gasteiger partial charge in [0.25, 0.3) is 0 Å². The second kappa shape index (κ2) is 8.44. The summed E-state index contributed by atoms with van der Waals surface area (Å²) in [6, 6.07) is 8.57. The van der Waals surface area contributed by atoms with Gasteiger partial charge in [0, 0.05) is 50.1 Å². The number of hydrogen-bond donors (Lipinski definition) is 1. The van der Waals surface area contributed by atoms with Crippen molar-refractivity contribution in [2.24, 2.45) is 11.8 Å². The third kappa shape index (κ3) is 4.05. The van der Waals surface area contributed by atoms with E-state index in [-0.39, 0.29) is 5.92 Å². The van der Waals surface area contributed by atoms with Crippen LogP contribution in [0, 0.1) is 11.8 Å². The third-order valence-corrected chi connectivity index (χ3v) is 7.28. The van der Waals surface area contributed by atoms with Crippen LogP contribution in [-0.2, 0) is 11.3 Å². The maximum atomic E-state index is 12.4. The molecule has 3 fully saturated rings. The number of carbonyl (C=O) groups excluding carboxylic acids is 1. The Hall–Kier alpha value is -1.92. The van der Waals surface area contributed by atoms with Crippen LogP contribution in [0.1, 0.15) is 44.2 Å². The summed E-state index contributed by atoms with van der Waals surface area (Å²) in [5, 5.41) is 8.67. The smallest absolute Gasteiger partial charge is 0.223 e. The molecule has 2 saturated heterocycles. The molecule has 0 bridgehead atoms. The first-order valence-electron chi connectivity index (χ1n) is 11.4. The van der Waals surface area contributed by atoms with Gasteiger partial charge in [-0.25, -0.2) is 0 Å². The lowest BCUT2D eigenvalue weighted by Crippen LogP contribution is -2.46. The molecule has 3 atom stereocenters. The van der Waals surface area contributed by atoms with Gasteiger partial charge in [-0.2, -0.15) is 0 Å². The zero-order valence-electron chi connectivity index (χ0n) is 17.2. The number of rotatable bonds is 6. The SMILES string of the molecule is O=C1NC2CCCCC2C1CCCN1CCN(Cc2noc3ccccc23)CC1. The zero-order valence-corrected chi connectivity index (χ0v) is 17.2. The summed E-state index contributed by atoms with van der Waals surface area (Å²) >= 11 is 0. The topological polar surface area (TPSA) is 61.6 Å². The monoisotopic (exact) mass is 396 g/mol. The average molecular weight is 397 g/mol. The zero-order chi connectivity index (χ0) is 19.6. The molecule has 1 N–H and O–H groups in total. The predicted octanol–water partition coefficient (Wildman–Crippen LogP) is 3.03. The quantitative estimate of drug-likeness (QED) is 0.813. The molecule has 0 spiro atoms. The van der Waals surface area contributed by atoms with Gasteiger partial charge in [-0.05, 0) is 50.3 Å². The van der Waals surface area contributed by atoms with Crippen LogP contribution in [0.5, 0.6) is 0 Å². The maximum absolute atomic E-state index is 12.4. The Balaban J connectivity index is 1.06. The molecule has 1 aliphatic carbocycles. The van der Waals surface area contributed by atoms with Crippen LogP contribution in [0.4, 0.5) is 0 Å². The Morgan fingerprint density at radius 2 is 1.86 bits per heavy atom. The molecule has 6 heteroatoms. The van der Waals surface area contributed by atoms with Crippen LogP contribution in [0.15, 0.2) is 28.8 Å². The van der Waals surface area contributed by atoms with Crippen molar-refractivity contribution in [2.45, 2.75) is 51.1 Å². The van der Waals surface area contributed by atoms with Crippen LogP contribution in [-0.4, -0.2) is 59.6 Å². The van der Waals surface area contributed by atoms with E-state index in [2.05, 4.69) is 26.3 Å². The van der Waals surface area contributed by atoms with E-state index < -0.39 is 0 Å². The highest BCUT2D eigenvalue weighted by Crippen LogP contribution is 2.37. The highest BCUT2D eigenvalue weighted by atomic mass is 16.5. The molecule has 3 aliphatic rings. The van der Waals surface area contributed by atoms with E-state index >= 15 is 0 Å². The van der Waals surface area contributed by atoms with E-state index in [9.17, 15) is 4.79 Å². The lowest BCUT2D eigenvalue weighted by atomic mass is 9.78. The van der Waals surface area contributed by atoms with Crippen molar-refractivity contribution in [2.75, 3.05) is 32.7 Å². The first kappa shape index (κ1) is 19.1. The van der Waals surface area contributed by atoms with Crippen LogP contribution in [0.25, 0.3) is 11.0 Å². The molecule has 2 aromatic rings. The molecule has 1 saturated carbocycles. The Labute approximate surface area is 172 Å². The molecule has 156 valence electrons. The standard InChI is InChI=1S/C23H32N4O2/c28-23-18(17-6-1-3-9-20(17)24-23)8-5-11-26-12-14-27(15-13-26)16-21-19-7-2-4-10-22(19)29-25-21/h2,4,7,10,17-18,20H,1,3,5-6,8-9,11-16H2,(H,24,28). The number of nitrogens with one attached hydrogen (secondary N) is 1. The van der Waals surface area contributed by atoms with Crippen molar-refractivity contribution >= 4 is 16.9 Å². The van der Waals surface area contributed by atoms with E-state index in [1.54, 1.807) is 0 Å². The van der Waals surface area contributed by atoms with Crippen molar-refractivity contribution in [3.05, 3.63) is 30.0 Å². The van der Waals surface area contributed by atoms with Crippen molar-refractivity contribution in [1.82, 2.24) is 20.3 Å². The number of amides is 1. The molecule has 1 amide bonds. The van der Waals surface area contributed by atoms with Crippen LogP contribution >= 0.6 is 0 Å². The molecular weight excluding hydrogens is 364 g/mol. The number of benzene rings is 1. The molecule has 6 nitrogen and oxygen atoms in total. The summed E-state index contributed by atoms with van der Waals surface area (Å²) in [4.78, 5) is 17.4. The second-order valence-electron chi connectivity index (χ2n) is 9.06. The molecule has 1 aromatic heterocycles. The van der Waals surface area contributed by atoms with Gasteiger partial charge in [-0.1, -0.05) is 30.1 Å². The van der Waals surface area contributed by atoms with Crippen LogP contribution in [0.3, 0.4) is 0 Å². The summed E-state index contributed by atoms with van der Waals surface area (Å²) in [5.41, 5.74) is 1.92. The molecule has 3 heterocycles. The van der Waals surface area contributed by atoms with Gasteiger partial charge in [0.05, 0.1) is 0 Å². The van der Waals surface area contributed by atoms with E-state index in [1.807, 2.05) is 18.2 Å². The van der Waals surface area contributed by atoms with Gasteiger partial charge in [0.15, 0.2) is 5.58 Å². The molecule has 2 aliphatic heterocycles. The second-order valence-corrected chi connectivity index (χ2v) is 9.06. The normalized spacial score (nSPS) is 28.6. The molecule has 0 radical (unpaired) electrons. The fourth-order valence-corrected chi connectivity index (χ4v) is 5.62. The highest BCUT2D eigenvalue weighted by Gasteiger charge is 2.42. The van der Waals surface area contributed by atoms with Gasteiger partial charge in [0.2, 0.25) is 5.91 Å². The Morgan fingerprint density at radius 3 is 2.76 bits per heavy atom. The first-order valence-corrected chi connectivity index (χ1v) is 11.4. The minimum Gasteiger partial charge on any atom is -0.356 e. The number of carbonyl (C=O) groups is 1. The first-order chi connectivity index (χ1) is 14.3. The summed E-state index contributed by atoms with van der Waals surface area (Å²) in [5.74, 6) is 1.19. The molecule has 3 unspecified atom stereocenters. The van der Waals surface area contributed by atoms with Crippen LogP contribution < -0.4 is 5.32 Å². The van der Waals surface area contributed by atoms with Crippen molar-refractivity contribution in [1.29, 1.82) is 0 Å². The van der Waals surface area contributed by atoms with E-state index in [4.69, 9.17) is 4.52 Å². The lowest BCUT2D eigenvalue weighted by Gasteiger charge is -2.34. The third-order valence-electron chi connectivity index (χ3n) is 7.28. The van der Waals surface area contributed by atoms with Crippen molar-refractivity contribution in [3.8, 4) is 0 Å². The minimum atomic E-state index is 0.266. The maximum Gasteiger partial charge on any atom is 0.223 e. The number of fused-ring (bicyclic) bond motifs is 2. The Kier molecular flexibility index (Phi) is 5.55. The number of para-hydroxylation sites is 1. The van der Waals surface area contributed by atoms with E-state index in [1.165, 1.54) is 25.7 Å². The number of nitrogens with zero attached hydrogens (tertiary/aromatic N) is 3. The lowest BCUT2D eigenvalue weighted by molar-refractivity contribution is -0.123. The largest absolute Gasteiger partial charge is 0.356 e. The van der Waals surface area contributed by atoms with Gasteiger partial charge < -0.3 is 14.7 Å². The predicted molar refractivity (Wildman–Crippen MR) is 112 cm³/mol. The van der Waals surface area contributed by atoms with E-state index in [0.717, 1.165) is 68.8 Å². The van der Waals surface area contributed by atoms with Gasteiger partial charge in [-0.15, -0.1) is 0 Å². The summed E-state index contributed by atoms with van der Waals surface area (Å²) in [7, 11) is 0. The Morgan fingerprint density at radius 1 is 1.07 bits per heavy atom. The molecule has 1 aromatic carbocycles. The summed E-state index contributed by atoms with van der Waals surface area (Å²) in [6.07, 6.45) is 7.20. The Bertz CT molecular complexity index is 842. The number of hydrogen-bond acceptors (Lipinski definition) is 5. The van der Waals surface area contributed by atoms with E-state index in [0.29, 0.717) is 17.9 Å². The summed E-state index contributed by atoms with van der Waals surface area (Å²) in [6.45, 7) is 6.29. The fourth-order valence-electron chi connectivity index (χ4n) is 5.62. The van der Waals surface area contributed by atoms with Crippen LogP contribution in [0.2, 0.25) is 0 Å². The van der Waals surface area contributed by atoms with Gasteiger partial charge in [-0.3, -0.25) is 9.69 Å². The fraction of sp³-hybridized carbons (Fsp3) is 0.652.